The highest BCUT2D eigenvalue weighted by atomic mass is 19.1. The highest BCUT2D eigenvalue weighted by Gasteiger charge is 2.38. The van der Waals surface area contributed by atoms with E-state index in [9.17, 15) is 14.3 Å². The largest absolute Gasteiger partial charge is 0.448 e. The number of benzene rings is 1. The molecule has 1 amide bonds. The lowest BCUT2D eigenvalue weighted by atomic mass is 9.77. The van der Waals surface area contributed by atoms with Gasteiger partial charge in [0, 0.05) is 10.9 Å². The van der Waals surface area contributed by atoms with Gasteiger partial charge in [0.1, 0.15) is 0 Å². The van der Waals surface area contributed by atoms with E-state index in [4.69, 9.17) is 4.42 Å². The van der Waals surface area contributed by atoms with Crippen molar-refractivity contribution in [3.05, 3.63) is 35.3 Å². The molecule has 0 radical (unpaired) electrons. The zero-order valence-corrected chi connectivity index (χ0v) is 11.2. The van der Waals surface area contributed by atoms with Crippen LogP contribution in [0.3, 0.4) is 0 Å². The van der Waals surface area contributed by atoms with Crippen LogP contribution in [0.15, 0.2) is 22.6 Å². The van der Waals surface area contributed by atoms with E-state index in [1.165, 1.54) is 6.07 Å². The Labute approximate surface area is 115 Å². The normalized spacial score (nSPS) is 16.9. The Morgan fingerprint density at radius 1 is 1.50 bits per heavy atom. The van der Waals surface area contributed by atoms with Gasteiger partial charge < -0.3 is 14.8 Å². The zero-order chi connectivity index (χ0) is 14.3. The number of aliphatic hydroxyl groups excluding tert-OH is 1. The summed E-state index contributed by atoms with van der Waals surface area (Å²) >= 11 is 0. The fourth-order valence-electron chi connectivity index (χ4n) is 2.65. The number of rotatable bonds is 3. The maximum Gasteiger partial charge on any atom is 0.287 e. The van der Waals surface area contributed by atoms with E-state index in [0.717, 1.165) is 19.3 Å². The maximum absolute atomic E-state index is 13.7. The molecule has 3 rings (SSSR count). The predicted octanol–water partition coefficient (Wildman–Crippen LogP) is 2.53. The van der Waals surface area contributed by atoms with Gasteiger partial charge in [-0.15, -0.1) is 0 Å². The minimum absolute atomic E-state index is 0.0909. The molecule has 1 heterocycles. The molecule has 5 heteroatoms. The second-order valence-electron chi connectivity index (χ2n) is 5.42. The number of hydrogen-bond acceptors (Lipinski definition) is 3. The number of aliphatic hydroxyl groups is 1. The number of fused-ring (bicyclic) bond motifs is 1. The van der Waals surface area contributed by atoms with Crippen LogP contribution in [0, 0.1) is 12.7 Å². The number of hydrogen-bond donors (Lipinski definition) is 2. The Morgan fingerprint density at radius 2 is 2.25 bits per heavy atom. The molecule has 4 nitrogen and oxygen atoms in total. The summed E-state index contributed by atoms with van der Waals surface area (Å²) in [6, 6.07) is 4.61. The van der Waals surface area contributed by atoms with Crippen molar-refractivity contribution in [2.24, 2.45) is 0 Å². The Bertz CT molecular complexity index is 668. The third kappa shape index (κ3) is 1.89. The van der Waals surface area contributed by atoms with Gasteiger partial charge in [0.15, 0.2) is 17.2 Å². The molecule has 1 aliphatic rings. The molecule has 1 aliphatic carbocycles. The van der Waals surface area contributed by atoms with Crippen molar-refractivity contribution in [3.8, 4) is 0 Å². The smallest absolute Gasteiger partial charge is 0.287 e. The van der Waals surface area contributed by atoms with Crippen LogP contribution in [0.1, 0.15) is 35.4 Å². The minimum Gasteiger partial charge on any atom is -0.448 e. The van der Waals surface area contributed by atoms with Crippen LogP contribution < -0.4 is 5.32 Å². The van der Waals surface area contributed by atoms with E-state index in [1.54, 1.807) is 19.1 Å². The molecule has 2 N–H and O–H groups in total. The lowest BCUT2D eigenvalue weighted by Crippen LogP contribution is -2.56. The fraction of sp³-hybridized carbons (Fsp3) is 0.400. The van der Waals surface area contributed by atoms with E-state index in [0.29, 0.717) is 10.9 Å². The molecule has 106 valence electrons. The monoisotopic (exact) mass is 277 g/mol. The average molecular weight is 277 g/mol. The van der Waals surface area contributed by atoms with Gasteiger partial charge in [0.2, 0.25) is 0 Å². The highest BCUT2D eigenvalue weighted by Crippen LogP contribution is 2.33. The summed E-state index contributed by atoms with van der Waals surface area (Å²) in [5.41, 5.74) is 0.173. The first-order valence-corrected chi connectivity index (χ1v) is 6.67. The van der Waals surface area contributed by atoms with Crippen molar-refractivity contribution in [1.29, 1.82) is 0 Å². The quantitative estimate of drug-likeness (QED) is 0.906. The summed E-state index contributed by atoms with van der Waals surface area (Å²) in [5.74, 6) is -0.762. The van der Waals surface area contributed by atoms with Crippen LogP contribution >= 0.6 is 0 Å². The van der Waals surface area contributed by atoms with Crippen molar-refractivity contribution in [2.75, 3.05) is 6.61 Å². The van der Waals surface area contributed by atoms with Crippen LogP contribution in [-0.2, 0) is 0 Å². The van der Waals surface area contributed by atoms with Crippen molar-refractivity contribution in [1.82, 2.24) is 5.32 Å². The van der Waals surface area contributed by atoms with Gasteiger partial charge >= 0.3 is 0 Å². The summed E-state index contributed by atoms with van der Waals surface area (Å²) < 4.78 is 19.0. The molecular weight excluding hydrogens is 261 g/mol. The number of furan rings is 1. The van der Waals surface area contributed by atoms with Crippen molar-refractivity contribution in [2.45, 2.75) is 31.7 Å². The van der Waals surface area contributed by atoms with Gasteiger partial charge in [-0.3, -0.25) is 4.79 Å². The maximum atomic E-state index is 13.7. The molecule has 0 saturated heterocycles. The number of halogens is 1. The Morgan fingerprint density at radius 3 is 2.80 bits per heavy atom. The standard InChI is InChI=1S/C15H16FNO3/c1-9-10-4-2-5-11(16)13(10)20-12(9)14(19)17-15(8-18)6-3-7-15/h2,4-5,18H,3,6-8H2,1H3,(H,17,19). The Kier molecular flexibility index (Phi) is 3.01. The Balaban J connectivity index is 1.96. The van der Waals surface area contributed by atoms with Gasteiger partial charge in [-0.25, -0.2) is 4.39 Å². The molecule has 20 heavy (non-hydrogen) atoms. The van der Waals surface area contributed by atoms with Crippen LogP contribution in [0.25, 0.3) is 11.0 Å². The SMILES string of the molecule is Cc1c(C(=O)NC2(CO)CCC2)oc2c(F)cccc12. The number of carbonyl (C=O) groups is 1. The molecule has 1 saturated carbocycles. The fourth-order valence-corrected chi connectivity index (χ4v) is 2.65. The second-order valence-corrected chi connectivity index (χ2v) is 5.42. The van der Waals surface area contributed by atoms with Crippen LogP contribution in [0.5, 0.6) is 0 Å². The van der Waals surface area contributed by atoms with Crippen molar-refractivity contribution < 1.29 is 18.7 Å². The lowest BCUT2D eigenvalue weighted by Gasteiger charge is -2.40. The van der Waals surface area contributed by atoms with Crippen molar-refractivity contribution in [3.63, 3.8) is 0 Å². The third-order valence-electron chi connectivity index (χ3n) is 4.11. The average Bonchev–Trinajstić information content (AvgIpc) is 2.73. The summed E-state index contributed by atoms with van der Waals surface area (Å²) in [5, 5.41) is 12.8. The molecule has 0 spiro atoms. The molecule has 1 fully saturated rings. The molecule has 2 aromatic rings. The molecule has 1 aromatic carbocycles. The number of aryl methyl sites for hydroxylation is 1. The molecule has 0 bridgehead atoms. The van der Waals surface area contributed by atoms with Gasteiger partial charge in [-0.05, 0) is 32.3 Å². The van der Waals surface area contributed by atoms with Gasteiger partial charge in [-0.2, -0.15) is 0 Å². The summed E-state index contributed by atoms with van der Waals surface area (Å²) in [6.07, 6.45) is 2.49. The van der Waals surface area contributed by atoms with Gasteiger partial charge in [-0.1, -0.05) is 12.1 Å². The highest BCUT2D eigenvalue weighted by molar-refractivity contribution is 5.99. The predicted molar refractivity (Wildman–Crippen MR) is 72.0 cm³/mol. The number of amides is 1. The van der Waals surface area contributed by atoms with Crippen LogP contribution in [0.2, 0.25) is 0 Å². The molecule has 0 atom stereocenters. The van der Waals surface area contributed by atoms with E-state index < -0.39 is 17.3 Å². The minimum atomic E-state index is -0.541. The van der Waals surface area contributed by atoms with Crippen molar-refractivity contribution >= 4 is 16.9 Å². The van der Waals surface area contributed by atoms with E-state index in [2.05, 4.69) is 5.32 Å². The summed E-state index contributed by atoms with van der Waals surface area (Å²) in [7, 11) is 0. The molecule has 0 unspecified atom stereocenters. The third-order valence-corrected chi connectivity index (χ3v) is 4.11. The first-order valence-electron chi connectivity index (χ1n) is 6.67. The topological polar surface area (TPSA) is 62.5 Å². The van der Waals surface area contributed by atoms with E-state index in [1.807, 2.05) is 0 Å². The Hall–Kier alpha value is -1.88. The number of carbonyl (C=O) groups excluding carboxylic acids is 1. The van der Waals surface area contributed by atoms with Crippen LogP contribution in [0.4, 0.5) is 4.39 Å². The lowest BCUT2D eigenvalue weighted by molar-refractivity contribution is 0.0620. The summed E-state index contributed by atoms with van der Waals surface area (Å²) in [4.78, 5) is 12.3. The second kappa shape index (κ2) is 4.59. The molecule has 0 aliphatic heterocycles. The zero-order valence-electron chi connectivity index (χ0n) is 11.2. The molecular formula is C15H16FNO3. The number of nitrogens with one attached hydrogen (secondary N) is 1. The van der Waals surface area contributed by atoms with E-state index >= 15 is 0 Å². The molecule has 1 aromatic heterocycles. The number of para-hydroxylation sites is 1. The summed E-state index contributed by atoms with van der Waals surface area (Å²) in [6.45, 7) is 1.64. The van der Waals surface area contributed by atoms with Gasteiger partial charge in [0.25, 0.3) is 5.91 Å². The first-order chi connectivity index (χ1) is 9.56. The van der Waals surface area contributed by atoms with E-state index in [-0.39, 0.29) is 18.0 Å². The van der Waals surface area contributed by atoms with Gasteiger partial charge in [0.05, 0.1) is 12.1 Å². The van der Waals surface area contributed by atoms with Crippen LogP contribution in [-0.4, -0.2) is 23.2 Å². The first kappa shape index (κ1) is 13.1.